The van der Waals surface area contributed by atoms with Crippen molar-refractivity contribution >= 4 is 7.60 Å². The van der Waals surface area contributed by atoms with E-state index in [0.29, 0.717) is 12.0 Å². The third-order valence-corrected chi connectivity index (χ3v) is 4.06. The van der Waals surface area contributed by atoms with Crippen LogP contribution >= 0.6 is 7.60 Å². The van der Waals surface area contributed by atoms with Crippen LogP contribution in [0.4, 0.5) is 0 Å². The Hall–Kier alpha value is -0.670. The van der Waals surface area contributed by atoms with Gasteiger partial charge < -0.3 is 15.2 Å². The molecule has 1 rings (SSSR count). The van der Waals surface area contributed by atoms with Crippen LogP contribution in [-0.4, -0.2) is 11.0 Å². The minimum Gasteiger partial charge on any atom is -0.323 e. The number of nitrogens with two attached hydrogens (primary N) is 1. The molecule has 0 aliphatic heterocycles. The maximum Gasteiger partial charge on any atom is 0.349 e. The summed E-state index contributed by atoms with van der Waals surface area (Å²) in [5.41, 5.74) is 6.35. The van der Waals surface area contributed by atoms with Gasteiger partial charge in [-0.25, -0.2) is 0 Å². The molecular weight excluding hydrogens is 225 g/mol. The van der Waals surface area contributed by atoms with Crippen molar-refractivity contribution < 1.29 is 14.0 Å². The topological polar surface area (TPSA) is 72.5 Å². The molecule has 3 unspecified atom stereocenters. The second kappa shape index (κ2) is 5.60. The molecule has 1 aromatic rings. The van der Waals surface area contributed by atoms with Gasteiger partial charge in [-0.3, -0.25) is 4.57 Å². The Balaban J connectivity index is 2.80. The smallest absolute Gasteiger partial charge is 0.323 e. The van der Waals surface area contributed by atoms with Gasteiger partial charge >= 0.3 is 7.60 Å². The molecule has 0 spiro atoms. The second-order valence-electron chi connectivity index (χ2n) is 3.74. The van der Waals surface area contributed by atoms with Gasteiger partial charge in [-0.1, -0.05) is 37.3 Å². The zero-order valence-corrected chi connectivity index (χ0v) is 10.4. The first-order valence-corrected chi connectivity index (χ1v) is 6.93. The van der Waals surface area contributed by atoms with E-state index >= 15 is 0 Å². The summed E-state index contributed by atoms with van der Waals surface area (Å²) in [6, 6.07) is 8.81. The highest BCUT2D eigenvalue weighted by molar-refractivity contribution is 7.53. The summed E-state index contributed by atoms with van der Waals surface area (Å²) >= 11 is 0. The van der Waals surface area contributed by atoms with Crippen molar-refractivity contribution in [2.75, 3.05) is 0 Å². The molecule has 0 aliphatic carbocycles. The van der Waals surface area contributed by atoms with Crippen LogP contribution in [0.5, 0.6) is 0 Å². The Kier molecular flexibility index (Phi) is 4.69. The second-order valence-corrected chi connectivity index (χ2v) is 5.64. The van der Waals surface area contributed by atoms with Crippen LogP contribution < -0.4 is 5.73 Å². The first-order chi connectivity index (χ1) is 7.47. The number of rotatable bonds is 5. The molecule has 0 saturated carbocycles. The number of hydrogen-bond donors (Lipinski definition) is 2. The highest BCUT2D eigenvalue weighted by Crippen LogP contribution is 2.54. The zero-order chi connectivity index (χ0) is 12.2. The van der Waals surface area contributed by atoms with Gasteiger partial charge in [0.1, 0.15) is 5.78 Å². The first-order valence-electron chi connectivity index (χ1n) is 5.28. The van der Waals surface area contributed by atoms with Gasteiger partial charge in [-0.05, 0) is 18.9 Å². The molecule has 0 bridgehead atoms. The lowest BCUT2D eigenvalue weighted by Gasteiger charge is -2.22. The molecule has 0 fully saturated rings. The Morgan fingerprint density at radius 1 is 1.44 bits per heavy atom. The molecular formula is C11H18NO3P. The number of benzene rings is 1. The van der Waals surface area contributed by atoms with Gasteiger partial charge in [0.2, 0.25) is 0 Å². The zero-order valence-electron chi connectivity index (χ0n) is 9.54. The molecule has 3 atom stereocenters. The molecule has 0 amide bonds. The molecule has 16 heavy (non-hydrogen) atoms. The normalized spacial score (nSPS) is 18.8. The number of hydrogen-bond acceptors (Lipinski definition) is 3. The van der Waals surface area contributed by atoms with E-state index in [0.717, 1.165) is 0 Å². The Labute approximate surface area is 96.0 Å². The molecule has 1 aromatic carbocycles. The fraction of sp³-hybridized carbons (Fsp3) is 0.455. The monoisotopic (exact) mass is 243 g/mol. The van der Waals surface area contributed by atoms with Gasteiger partial charge in [0.25, 0.3) is 0 Å². The summed E-state index contributed by atoms with van der Waals surface area (Å²) in [4.78, 5) is 9.75. The minimum atomic E-state index is -3.80. The summed E-state index contributed by atoms with van der Waals surface area (Å²) < 4.78 is 17.0. The van der Waals surface area contributed by atoms with E-state index in [1.807, 2.05) is 13.0 Å². The fourth-order valence-corrected chi connectivity index (χ4v) is 2.58. The molecule has 0 radical (unpaired) electrons. The predicted molar refractivity (Wildman–Crippen MR) is 64.0 cm³/mol. The van der Waals surface area contributed by atoms with Crippen LogP contribution in [0.2, 0.25) is 0 Å². The molecule has 4 nitrogen and oxygen atoms in total. The molecule has 0 heterocycles. The highest BCUT2D eigenvalue weighted by atomic mass is 31.2. The maximum absolute atomic E-state index is 11.9. The third kappa shape index (κ3) is 3.42. The van der Waals surface area contributed by atoms with Crippen LogP contribution in [-0.2, 0) is 9.09 Å². The van der Waals surface area contributed by atoms with E-state index < -0.39 is 13.4 Å². The lowest BCUT2D eigenvalue weighted by atomic mass is 10.2. The Morgan fingerprint density at radius 2 is 2.00 bits per heavy atom. The lowest BCUT2D eigenvalue weighted by molar-refractivity contribution is 0.180. The highest BCUT2D eigenvalue weighted by Gasteiger charge is 2.31. The van der Waals surface area contributed by atoms with Crippen LogP contribution in [0.25, 0.3) is 0 Å². The summed E-state index contributed by atoms with van der Waals surface area (Å²) in [6.07, 6.45) is 0.400. The average Bonchev–Trinajstić information content (AvgIpc) is 2.28. The summed E-state index contributed by atoms with van der Waals surface area (Å²) in [6.45, 7) is 3.64. The van der Waals surface area contributed by atoms with Crippen molar-refractivity contribution in [2.45, 2.75) is 32.2 Å². The lowest BCUT2D eigenvalue weighted by Crippen LogP contribution is -2.15. The van der Waals surface area contributed by atoms with Gasteiger partial charge in [0.05, 0.1) is 6.10 Å². The predicted octanol–water partition coefficient (Wildman–Crippen LogP) is 2.64. The quantitative estimate of drug-likeness (QED) is 0.780. The van der Waals surface area contributed by atoms with Crippen LogP contribution in [0, 0.1) is 0 Å². The first kappa shape index (κ1) is 13.4. The van der Waals surface area contributed by atoms with E-state index in [9.17, 15) is 9.46 Å². The van der Waals surface area contributed by atoms with E-state index in [1.54, 1.807) is 31.2 Å². The summed E-state index contributed by atoms with van der Waals surface area (Å²) in [5.74, 6) is -0.984. The molecule has 0 saturated heterocycles. The molecule has 5 heteroatoms. The van der Waals surface area contributed by atoms with Gasteiger partial charge in [-0.15, -0.1) is 0 Å². The average molecular weight is 243 g/mol. The van der Waals surface area contributed by atoms with E-state index in [-0.39, 0.29) is 6.10 Å². The van der Waals surface area contributed by atoms with Crippen molar-refractivity contribution in [1.82, 2.24) is 0 Å². The third-order valence-electron chi connectivity index (χ3n) is 2.40. The van der Waals surface area contributed by atoms with Crippen molar-refractivity contribution in [3.8, 4) is 0 Å². The molecule has 0 aliphatic rings. The molecule has 3 N–H and O–H groups in total. The Bertz CT molecular complexity index is 369. The minimum absolute atomic E-state index is 0.273. The van der Waals surface area contributed by atoms with Gasteiger partial charge in [0, 0.05) is 0 Å². The van der Waals surface area contributed by atoms with Gasteiger partial charge in [0.15, 0.2) is 0 Å². The van der Waals surface area contributed by atoms with Gasteiger partial charge in [-0.2, -0.15) is 0 Å². The summed E-state index contributed by atoms with van der Waals surface area (Å²) in [5, 5.41) is 0. The van der Waals surface area contributed by atoms with Crippen molar-refractivity contribution in [2.24, 2.45) is 5.73 Å². The van der Waals surface area contributed by atoms with Crippen LogP contribution in [0.1, 0.15) is 31.6 Å². The van der Waals surface area contributed by atoms with Crippen molar-refractivity contribution in [1.29, 1.82) is 0 Å². The van der Waals surface area contributed by atoms with E-state index in [4.69, 9.17) is 10.3 Å². The van der Waals surface area contributed by atoms with Crippen LogP contribution in [0.15, 0.2) is 30.3 Å². The Morgan fingerprint density at radius 3 is 2.50 bits per heavy atom. The molecule has 90 valence electrons. The summed E-state index contributed by atoms with van der Waals surface area (Å²) in [7, 11) is -3.80. The van der Waals surface area contributed by atoms with Crippen molar-refractivity contribution in [3.63, 3.8) is 0 Å². The fourth-order valence-electron chi connectivity index (χ4n) is 1.24. The SMILES string of the molecule is CCC(C)OP(=O)(O)C(N)c1ccccc1. The van der Waals surface area contributed by atoms with E-state index in [1.165, 1.54) is 0 Å². The van der Waals surface area contributed by atoms with Crippen molar-refractivity contribution in [3.05, 3.63) is 35.9 Å². The largest absolute Gasteiger partial charge is 0.349 e. The molecule has 0 aromatic heterocycles. The van der Waals surface area contributed by atoms with E-state index in [2.05, 4.69) is 0 Å². The standard InChI is InChI=1S/C11H18NO3P/c1-3-9(2)15-16(13,14)11(12)10-7-5-4-6-8-10/h4-9,11H,3,12H2,1-2H3,(H,13,14). The maximum atomic E-state index is 11.9. The van der Waals surface area contributed by atoms with Crippen LogP contribution in [0.3, 0.4) is 0 Å².